The van der Waals surface area contributed by atoms with E-state index in [-0.39, 0.29) is 0 Å². The Labute approximate surface area is 109 Å². The summed E-state index contributed by atoms with van der Waals surface area (Å²) < 4.78 is 0. The van der Waals surface area contributed by atoms with Gasteiger partial charge in [-0.05, 0) is 43.7 Å². The van der Waals surface area contributed by atoms with Crippen LogP contribution in [0.3, 0.4) is 0 Å². The topological polar surface area (TPSA) is 16.1 Å². The Bertz CT molecular complexity index is 378. The van der Waals surface area contributed by atoms with Crippen molar-refractivity contribution in [2.24, 2.45) is 5.92 Å². The maximum absolute atomic E-state index is 5.86. The average molecular weight is 253 g/mol. The average Bonchev–Trinajstić information content (AvgIpc) is 2.54. The molecule has 1 atom stereocenters. The summed E-state index contributed by atoms with van der Waals surface area (Å²) >= 11 is 5.86. The van der Waals surface area contributed by atoms with Crippen LogP contribution in [0.5, 0.6) is 0 Å². The first-order valence-electron chi connectivity index (χ1n) is 6.48. The summed E-state index contributed by atoms with van der Waals surface area (Å²) in [5.41, 5.74) is 2.20. The second-order valence-corrected chi connectivity index (χ2v) is 5.34. The van der Waals surface area contributed by atoms with Gasteiger partial charge in [0.15, 0.2) is 0 Å². The van der Waals surface area contributed by atoms with Gasteiger partial charge < -0.3 is 4.90 Å². The van der Waals surface area contributed by atoms with Crippen LogP contribution in [0.4, 0.5) is 5.82 Å². The van der Waals surface area contributed by atoms with Crippen molar-refractivity contribution in [1.82, 2.24) is 4.98 Å². The monoisotopic (exact) mass is 252 g/mol. The third kappa shape index (κ3) is 3.12. The minimum Gasteiger partial charge on any atom is -0.357 e. The van der Waals surface area contributed by atoms with E-state index in [1.807, 2.05) is 6.92 Å². The van der Waals surface area contributed by atoms with Crippen molar-refractivity contribution in [3.63, 3.8) is 0 Å². The van der Waals surface area contributed by atoms with Gasteiger partial charge in [0, 0.05) is 24.7 Å². The first-order valence-corrected chi connectivity index (χ1v) is 7.01. The molecule has 1 aliphatic heterocycles. The molecule has 1 aliphatic rings. The summed E-state index contributed by atoms with van der Waals surface area (Å²) in [7, 11) is 0. The van der Waals surface area contributed by atoms with Crippen molar-refractivity contribution < 1.29 is 0 Å². The van der Waals surface area contributed by atoms with E-state index in [0.717, 1.165) is 36.1 Å². The Morgan fingerprint density at radius 3 is 2.88 bits per heavy atom. The van der Waals surface area contributed by atoms with Crippen LogP contribution in [0, 0.1) is 12.8 Å². The number of pyridine rings is 1. The fourth-order valence-electron chi connectivity index (χ4n) is 2.39. The number of hydrogen-bond donors (Lipinski definition) is 0. The molecule has 0 aliphatic carbocycles. The van der Waals surface area contributed by atoms with Crippen LogP contribution in [0.25, 0.3) is 0 Å². The molecule has 1 saturated heterocycles. The standard InChI is InChI=1S/C14H21ClN2/c1-11-4-3-8-17(9-7-11)14-6-5-13(10-15)12(2)16-14/h5-6,11H,3-4,7-10H2,1-2H3. The Balaban J connectivity index is 2.13. The van der Waals surface area contributed by atoms with Crippen molar-refractivity contribution in [2.75, 3.05) is 18.0 Å². The second-order valence-electron chi connectivity index (χ2n) is 5.07. The van der Waals surface area contributed by atoms with E-state index in [1.54, 1.807) is 0 Å². The van der Waals surface area contributed by atoms with Crippen LogP contribution in [0.2, 0.25) is 0 Å². The second kappa shape index (κ2) is 5.72. The molecule has 0 radical (unpaired) electrons. The van der Waals surface area contributed by atoms with Crippen molar-refractivity contribution in [1.29, 1.82) is 0 Å². The molecule has 1 unspecified atom stereocenters. The van der Waals surface area contributed by atoms with Gasteiger partial charge in [-0.1, -0.05) is 13.0 Å². The predicted octanol–water partition coefficient (Wildman–Crippen LogP) is 3.76. The van der Waals surface area contributed by atoms with Gasteiger partial charge in [0.1, 0.15) is 5.82 Å². The molecule has 94 valence electrons. The Kier molecular flexibility index (Phi) is 4.27. The molecule has 17 heavy (non-hydrogen) atoms. The van der Waals surface area contributed by atoms with E-state index >= 15 is 0 Å². The zero-order valence-corrected chi connectivity index (χ0v) is 11.5. The van der Waals surface area contributed by atoms with Gasteiger partial charge in [-0.25, -0.2) is 4.98 Å². The highest BCUT2D eigenvalue weighted by Crippen LogP contribution is 2.22. The lowest BCUT2D eigenvalue weighted by molar-refractivity contribution is 0.521. The quantitative estimate of drug-likeness (QED) is 0.746. The highest BCUT2D eigenvalue weighted by atomic mass is 35.5. The molecular weight excluding hydrogens is 232 g/mol. The van der Waals surface area contributed by atoms with Crippen LogP contribution in [0.1, 0.15) is 37.4 Å². The summed E-state index contributed by atoms with van der Waals surface area (Å²) in [5, 5.41) is 0. The van der Waals surface area contributed by atoms with E-state index < -0.39 is 0 Å². The van der Waals surface area contributed by atoms with Crippen molar-refractivity contribution in [2.45, 2.75) is 39.0 Å². The molecule has 0 spiro atoms. The molecule has 0 saturated carbocycles. The number of aryl methyl sites for hydroxylation is 1. The number of rotatable bonds is 2. The van der Waals surface area contributed by atoms with Crippen LogP contribution >= 0.6 is 11.6 Å². The lowest BCUT2D eigenvalue weighted by atomic mass is 10.0. The summed E-state index contributed by atoms with van der Waals surface area (Å²) in [6, 6.07) is 4.22. The van der Waals surface area contributed by atoms with Gasteiger partial charge in [-0.15, -0.1) is 11.6 Å². The summed E-state index contributed by atoms with van der Waals surface area (Å²) in [4.78, 5) is 7.09. The maximum Gasteiger partial charge on any atom is 0.128 e. The lowest BCUT2D eigenvalue weighted by Gasteiger charge is -2.22. The predicted molar refractivity (Wildman–Crippen MR) is 73.8 cm³/mol. The fourth-order valence-corrected chi connectivity index (χ4v) is 2.67. The molecule has 1 fully saturated rings. The van der Waals surface area contributed by atoms with E-state index in [9.17, 15) is 0 Å². The molecule has 0 aromatic carbocycles. The van der Waals surface area contributed by atoms with E-state index in [0.29, 0.717) is 5.88 Å². The van der Waals surface area contributed by atoms with Crippen LogP contribution in [0.15, 0.2) is 12.1 Å². The Morgan fingerprint density at radius 2 is 2.18 bits per heavy atom. The van der Waals surface area contributed by atoms with Gasteiger partial charge in [-0.2, -0.15) is 0 Å². The van der Waals surface area contributed by atoms with Crippen molar-refractivity contribution >= 4 is 17.4 Å². The van der Waals surface area contributed by atoms with Crippen molar-refractivity contribution in [3.05, 3.63) is 23.4 Å². The van der Waals surface area contributed by atoms with Gasteiger partial charge >= 0.3 is 0 Å². The highest BCUT2D eigenvalue weighted by Gasteiger charge is 2.15. The van der Waals surface area contributed by atoms with Crippen LogP contribution in [-0.4, -0.2) is 18.1 Å². The van der Waals surface area contributed by atoms with Crippen molar-refractivity contribution in [3.8, 4) is 0 Å². The fraction of sp³-hybridized carbons (Fsp3) is 0.643. The first-order chi connectivity index (χ1) is 8.20. The third-order valence-corrected chi connectivity index (χ3v) is 3.95. The van der Waals surface area contributed by atoms with Gasteiger partial charge in [0.2, 0.25) is 0 Å². The minimum atomic E-state index is 0.552. The molecule has 2 heterocycles. The molecule has 2 rings (SSSR count). The number of anilines is 1. The Hall–Kier alpha value is -0.760. The summed E-state index contributed by atoms with van der Waals surface area (Å²) in [6.07, 6.45) is 3.90. The lowest BCUT2D eigenvalue weighted by Crippen LogP contribution is -2.25. The number of hydrogen-bond acceptors (Lipinski definition) is 2. The summed E-state index contributed by atoms with van der Waals surface area (Å²) in [6.45, 7) is 6.66. The zero-order chi connectivity index (χ0) is 12.3. The highest BCUT2D eigenvalue weighted by molar-refractivity contribution is 6.17. The first kappa shape index (κ1) is 12.7. The largest absolute Gasteiger partial charge is 0.357 e. The third-order valence-electron chi connectivity index (χ3n) is 3.67. The number of halogens is 1. The molecule has 0 bridgehead atoms. The maximum atomic E-state index is 5.86. The Morgan fingerprint density at radius 1 is 1.35 bits per heavy atom. The molecule has 0 N–H and O–H groups in total. The van der Waals surface area contributed by atoms with Gasteiger partial charge in [0.05, 0.1) is 0 Å². The number of alkyl halides is 1. The van der Waals surface area contributed by atoms with Crippen LogP contribution in [-0.2, 0) is 5.88 Å². The normalized spacial score (nSPS) is 21.4. The smallest absolute Gasteiger partial charge is 0.128 e. The van der Waals surface area contributed by atoms with E-state index in [1.165, 1.54) is 19.3 Å². The number of nitrogens with zero attached hydrogens (tertiary/aromatic N) is 2. The molecule has 1 aromatic rings. The zero-order valence-electron chi connectivity index (χ0n) is 10.7. The summed E-state index contributed by atoms with van der Waals surface area (Å²) in [5.74, 6) is 2.52. The van der Waals surface area contributed by atoms with E-state index in [4.69, 9.17) is 11.6 Å². The molecule has 3 heteroatoms. The molecular formula is C14H21ClN2. The minimum absolute atomic E-state index is 0.552. The molecule has 0 amide bonds. The van der Waals surface area contributed by atoms with E-state index in [2.05, 4.69) is 28.9 Å². The van der Waals surface area contributed by atoms with Gasteiger partial charge in [-0.3, -0.25) is 0 Å². The SMILES string of the molecule is Cc1nc(N2CCCC(C)CC2)ccc1CCl. The number of aromatic nitrogens is 1. The molecule has 2 nitrogen and oxygen atoms in total. The van der Waals surface area contributed by atoms with Gasteiger partial charge in [0.25, 0.3) is 0 Å². The van der Waals surface area contributed by atoms with Crippen LogP contribution < -0.4 is 4.90 Å². The molecule has 1 aromatic heterocycles.